The fraction of sp³-hybridized carbons (Fsp3) is 0.417. The highest BCUT2D eigenvalue weighted by molar-refractivity contribution is 7.89. The third kappa shape index (κ3) is 4.01. The van der Waals surface area contributed by atoms with Crippen molar-refractivity contribution in [3.05, 3.63) is 87.2 Å². The smallest absolute Gasteiger partial charge is 0.393 e. The molecule has 1 saturated heterocycles. The van der Waals surface area contributed by atoms with Gasteiger partial charge < -0.3 is 9.52 Å². The van der Waals surface area contributed by atoms with Crippen LogP contribution in [0.1, 0.15) is 60.4 Å². The van der Waals surface area contributed by atoms with Gasteiger partial charge in [0.2, 0.25) is 15.9 Å². The van der Waals surface area contributed by atoms with Gasteiger partial charge in [-0.3, -0.25) is 0 Å². The summed E-state index contributed by atoms with van der Waals surface area (Å²) in [6.45, 7) is 1.44. The van der Waals surface area contributed by atoms with Gasteiger partial charge in [0.1, 0.15) is 16.9 Å². The summed E-state index contributed by atoms with van der Waals surface area (Å²) in [6.07, 6.45) is 0.257. The van der Waals surface area contributed by atoms with Gasteiger partial charge in [-0.25, -0.2) is 27.1 Å². The normalized spacial score (nSPS) is 28.5. The van der Waals surface area contributed by atoms with E-state index in [0.717, 1.165) is 12.1 Å². The predicted octanol–water partition coefficient (Wildman–Crippen LogP) is 3.14. The summed E-state index contributed by atoms with van der Waals surface area (Å²) in [7, 11) is -3.83. The highest BCUT2D eigenvalue weighted by Crippen LogP contribution is 2.49. The Hall–Kier alpha value is -2.89. The second-order valence-corrected chi connectivity index (χ2v) is 11.5. The Labute approximate surface area is 200 Å². The van der Waals surface area contributed by atoms with Crippen LogP contribution in [0.4, 0.5) is 8.78 Å². The van der Waals surface area contributed by atoms with Gasteiger partial charge in [0, 0.05) is 23.7 Å². The molecule has 0 radical (unpaired) electrons. The van der Waals surface area contributed by atoms with Crippen molar-refractivity contribution in [1.82, 2.24) is 14.5 Å². The highest BCUT2D eigenvalue weighted by atomic mass is 32.2. The number of nitrogens with zero attached hydrogens (tertiary/aromatic N) is 2. The maximum atomic E-state index is 15.4. The zero-order valence-electron chi connectivity index (χ0n) is 18.9. The summed E-state index contributed by atoms with van der Waals surface area (Å²) in [5.41, 5.74) is -0.826. The molecule has 1 aromatic heterocycles. The first kappa shape index (κ1) is 23.8. The third-order valence-corrected chi connectivity index (χ3v) is 9.56. The van der Waals surface area contributed by atoms with Gasteiger partial charge in [-0.15, -0.1) is 5.10 Å². The van der Waals surface area contributed by atoms with Gasteiger partial charge in [0.15, 0.2) is 0 Å². The molecule has 1 saturated carbocycles. The molecule has 35 heavy (non-hydrogen) atoms. The Balaban J connectivity index is 1.48. The van der Waals surface area contributed by atoms with E-state index < -0.39 is 44.2 Å². The van der Waals surface area contributed by atoms with E-state index >= 15 is 8.78 Å². The van der Waals surface area contributed by atoms with Crippen LogP contribution in [0.25, 0.3) is 0 Å². The number of hydrogen-bond donors (Lipinski definition) is 2. The maximum absolute atomic E-state index is 15.4. The number of sulfonamides is 1. The first-order valence-corrected chi connectivity index (χ1v) is 12.9. The van der Waals surface area contributed by atoms with E-state index in [2.05, 4.69) is 10.2 Å². The van der Waals surface area contributed by atoms with Crippen LogP contribution in [0.2, 0.25) is 0 Å². The summed E-state index contributed by atoms with van der Waals surface area (Å²) in [4.78, 5) is 11.5. The topological polar surface area (TPSA) is 116 Å². The predicted molar refractivity (Wildman–Crippen MR) is 122 cm³/mol. The SMILES string of the molecule is C[C@H]1CC[C@H](c2ccccc2)S(=O)(=O)N1Cc1cc(F)c(C2(c3n[nH]c(=O)o3)CC(O)C2)cc1F. The van der Waals surface area contributed by atoms with E-state index in [1.54, 1.807) is 37.3 Å². The van der Waals surface area contributed by atoms with Gasteiger partial charge in [-0.05, 0) is 50.3 Å². The number of aliphatic hydroxyl groups is 1. The van der Waals surface area contributed by atoms with Crippen molar-refractivity contribution in [2.75, 3.05) is 0 Å². The van der Waals surface area contributed by atoms with Crippen molar-refractivity contribution in [2.24, 2.45) is 0 Å². The summed E-state index contributed by atoms with van der Waals surface area (Å²) in [5, 5.41) is 15.0. The van der Waals surface area contributed by atoms with Crippen LogP contribution < -0.4 is 5.76 Å². The number of nitrogens with one attached hydrogen (secondary N) is 1. The van der Waals surface area contributed by atoms with Crippen molar-refractivity contribution in [1.29, 1.82) is 0 Å². The fourth-order valence-corrected chi connectivity index (χ4v) is 7.47. The number of aliphatic hydroxyl groups excluding tert-OH is 1. The van der Waals surface area contributed by atoms with Gasteiger partial charge >= 0.3 is 5.76 Å². The lowest BCUT2D eigenvalue weighted by molar-refractivity contribution is 0.0227. The quantitative estimate of drug-likeness (QED) is 0.550. The number of H-pyrrole nitrogens is 1. The van der Waals surface area contributed by atoms with Crippen molar-refractivity contribution >= 4 is 10.0 Å². The minimum atomic E-state index is -3.83. The average molecular weight is 506 g/mol. The standard InChI is InChI=1S/C24H25F2N3O5S/c1-14-7-8-21(15-5-3-2-4-6-15)35(32,33)29(14)13-16-9-20(26)18(10-19(16)25)24(11-17(30)12-24)22-27-28-23(31)34-22/h2-6,9-10,14,17,21,30H,7-8,11-13H2,1H3,(H,28,31)/t14-,17?,21+,24?/m0/s1. The maximum Gasteiger partial charge on any atom is 0.434 e. The molecule has 186 valence electrons. The van der Waals surface area contributed by atoms with E-state index in [9.17, 15) is 18.3 Å². The molecule has 8 nitrogen and oxygen atoms in total. The number of benzene rings is 2. The second-order valence-electron chi connectivity index (χ2n) is 9.40. The molecule has 2 atom stereocenters. The van der Waals surface area contributed by atoms with Crippen LogP contribution in [0.5, 0.6) is 0 Å². The van der Waals surface area contributed by atoms with E-state index in [1.807, 2.05) is 0 Å². The number of rotatable bonds is 5. The Kier molecular flexibility index (Phi) is 5.89. The van der Waals surface area contributed by atoms with E-state index in [0.29, 0.717) is 18.4 Å². The lowest BCUT2D eigenvalue weighted by Crippen LogP contribution is -2.47. The monoisotopic (exact) mass is 505 g/mol. The van der Waals surface area contributed by atoms with Crippen LogP contribution in [0, 0.1) is 11.6 Å². The Bertz CT molecular complexity index is 1400. The van der Waals surface area contributed by atoms with Crippen LogP contribution >= 0.6 is 0 Å². The molecule has 3 aromatic rings. The molecule has 0 unspecified atom stereocenters. The van der Waals surface area contributed by atoms with Gasteiger partial charge in [0.25, 0.3) is 0 Å². The summed E-state index contributed by atoms with van der Waals surface area (Å²) in [5.74, 6) is -2.54. The summed E-state index contributed by atoms with van der Waals surface area (Å²) >= 11 is 0. The lowest BCUT2D eigenvalue weighted by Gasteiger charge is -2.43. The molecule has 5 rings (SSSR count). The van der Waals surface area contributed by atoms with Crippen molar-refractivity contribution in [3.63, 3.8) is 0 Å². The van der Waals surface area contributed by atoms with Crippen molar-refractivity contribution < 1.29 is 26.7 Å². The highest BCUT2D eigenvalue weighted by Gasteiger charge is 2.52. The molecule has 2 heterocycles. The molecule has 2 aliphatic rings. The molecule has 2 aromatic carbocycles. The van der Waals surface area contributed by atoms with E-state index in [1.165, 1.54) is 4.31 Å². The largest absolute Gasteiger partial charge is 0.434 e. The molecule has 11 heteroatoms. The van der Waals surface area contributed by atoms with Crippen LogP contribution in [0.3, 0.4) is 0 Å². The fourth-order valence-electron chi connectivity index (χ4n) is 5.28. The zero-order valence-corrected chi connectivity index (χ0v) is 19.8. The van der Waals surface area contributed by atoms with Gasteiger partial charge in [0.05, 0.1) is 11.5 Å². The number of hydrogen-bond acceptors (Lipinski definition) is 6. The second kappa shape index (κ2) is 8.65. The lowest BCUT2D eigenvalue weighted by atomic mass is 9.62. The minimum Gasteiger partial charge on any atom is -0.393 e. The van der Waals surface area contributed by atoms with Gasteiger partial charge in [-0.2, -0.15) is 4.31 Å². The Morgan fingerprint density at radius 2 is 1.89 bits per heavy atom. The van der Waals surface area contributed by atoms with E-state index in [-0.39, 0.29) is 42.4 Å². The number of halogens is 2. The summed E-state index contributed by atoms with van der Waals surface area (Å²) in [6, 6.07) is 10.5. The summed E-state index contributed by atoms with van der Waals surface area (Å²) < 4.78 is 63.9. The average Bonchev–Trinajstić information content (AvgIpc) is 3.23. The molecule has 0 spiro atoms. The first-order valence-electron chi connectivity index (χ1n) is 11.4. The molecule has 2 N–H and O–H groups in total. The molecule has 0 bridgehead atoms. The van der Waals surface area contributed by atoms with Crippen LogP contribution in [0.15, 0.2) is 51.7 Å². The minimum absolute atomic E-state index is 0.00674. The molecule has 0 amide bonds. The molecule has 2 fully saturated rings. The third-order valence-electron chi connectivity index (χ3n) is 7.19. The Morgan fingerprint density at radius 3 is 2.51 bits per heavy atom. The van der Waals surface area contributed by atoms with Crippen LogP contribution in [-0.2, 0) is 22.0 Å². The molecule has 1 aliphatic heterocycles. The first-order chi connectivity index (χ1) is 16.6. The van der Waals surface area contributed by atoms with Gasteiger partial charge in [-0.1, -0.05) is 30.3 Å². The number of aromatic nitrogens is 2. The Morgan fingerprint density at radius 1 is 1.17 bits per heavy atom. The van der Waals surface area contributed by atoms with E-state index in [4.69, 9.17) is 4.42 Å². The zero-order chi connectivity index (χ0) is 25.0. The number of aromatic amines is 1. The van der Waals surface area contributed by atoms with Crippen molar-refractivity contribution in [3.8, 4) is 0 Å². The molecular weight excluding hydrogens is 480 g/mol. The van der Waals surface area contributed by atoms with Crippen molar-refractivity contribution in [2.45, 2.75) is 62.0 Å². The molecular formula is C24H25F2N3O5S. The van der Waals surface area contributed by atoms with Crippen LogP contribution in [-0.4, -0.2) is 40.2 Å². The molecule has 1 aliphatic carbocycles.